The summed E-state index contributed by atoms with van der Waals surface area (Å²) in [6.07, 6.45) is 0. The summed E-state index contributed by atoms with van der Waals surface area (Å²) in [5, 5.41) is 11.1. The van der Waals surface area contributed by atoms with Gasteiger partial charge in [0.05, 0.1) is 17.8 Å². The van der Waals surface area contributed by atoms with Crippen LogP contribution in [-0.4, -0.2) is 40.2 Å². The average molecular weight is 408 g/mol. The van der Waals surface area contributed by atoms with Gasteiger partial charge in [0.2, 0.25) is 5.91 Å². The number of hydrogen-bond acceptors (Lipinski definition) is 7. The summed E-state index contributed by atoms with van der Waals surface area (Å²) in [6.45, 7) is 6.38. The van der Waals surface area contributed by atoms with Crippen LogP contribution < -0.4 is 16.2 Å². The topological polar surface area (TPSA) is 101 Å². The molecule has 0 fully saturated rings. The standard InChI is InChI=1S/C20H20N6O2S/c1-11(14-7-5-4-6-8-14)25-26-12(2)23-16-15(18-21-9-10-22-18)19(24-13(3)27)29-17(16)20(26)28/h4-8H,9-10H2,1-3H3,(H,21,22)(H,24,27)/b25-11+. The normalized spacial score (nSPS) is 14.0. The first-order valence-corrected chi connectivity index (χ1v) is 10.0. The highest BCUT2D eigenvalue weighted by Gasteiger charge is 2.24. The number of nitrogens with zero attached hydrogens (tertiary/aromatic N) is 4. The number of aryl methyl sites for hydroxylation is 1. The number of aliphatic imine (C=N–C) groups is 1. The highest BCUT2D eigenvalue weighted by molar-refractivity contribution is 7.23. The quantitative estimate of drug-likeness (QED) is 0.647. The van der Waals surface area contributed by atoms with Gasteiger partial charge in [-0.15, -0.1) is 11.3 Å². The molecular weight excluding hydrogens is 388 g/mol. The molecule has 8 nitrogen and oxygen atoms in total. The largest absolute Gasteiger partial charge is 0.368 e. The minimum atomic E-state index is -0.274. The van der Waals surface area contributed by atoms with Crippen molar-refractivity contribution < 1.29 is 4.79 Å². The van der Waals surface area contributed by atoms with Crippen molar-refractivity contribution in [1.82, 2.24) is 15.0 Å². The molecule has 3 aromatic rings. The SMILES string of the molecule is CC(=O)Nc1sc2c(=O)n(/N=C(\C)c3ccccc3)c(C)nc2c1C1=NCCN1. The van der Waals surface area contributed by atoms with Crippen molar-refractivity contribution in [3.63, 3.8) is 0 Å². The summed E-state index contributed by atoms with van der Waals surface area (Å²) in [7, 11) is 0. The molecule has 0 saturated carbocycles. The van der Waals surface area contributed by atoms with Gasteiger partial charge in [0, 0.05) is 13.5 Å². The summed E-state index contributed by atoms with van der Waals surface area (Å²) in [5.41, 5.74) is 2.54. The Labute approximate surface area is 171 Å². The number of carbonyl (C=O) groups excluding carboxylic acids is 1. The van der Waals surface area contributed by atoms with E-state index < -0.39 is 0 Å². The van der Waals surface area contributed by atoms with Gasteiger partial charge in [-0.2, -0.15) is 9.78 Å². The Morgan fingerprint density at radius 1 is 1.28 bits per heavy atom. The maximum atomic E-state index is 13.2. The molecule has 0 bridgehead atoms. The monoisotopic (exact) mass is 408 g/mol. The van der Waals surface area contributed by atoms with Gasteiger partial charge in [-0.3, -0.25) is 14.6 Å². The van der Waals surface area contributed by atoms with Crippen molar-refractivity contribution >= 4 is 44.0 Å². The Morgan fingerprint density at radius 3 is 2.69 bits per heavy atom. The first-order valence-electron chi connectivity index (χ1n) is 9.19. The maximum absolute atomic E-state index is 13.2. The third-order valence-electron chi connectivity index (χ3n) is 4.49. The van der Waals surface area contributed by atoms with Crippen LogP contribution in [0, 0.1) is 6.92 Å². The molecule has 1 aliphatic heterocycles. The molecule has 0 atom stereocenters. The number of carbonyl (C=O) groups is 1. The van der Waals surface area contributed by atoms with Crippen LogP contribution >= 0.6 is 11.3 Å². The van der Waals surface area contributed by atoms with E-state index in [-0.39, 0.29) is 11.5 Å². The molecule has 1 amide bonds. The molecule has 1 aliphatic rings. The third-order valence-corrected chi connectivity index (χ3v) is 5.57. The predicted molar refractivity (Wildman–Crippen MR) is 116 cm³/mol. The van der Waals surface area contributed by atoms with Crippen molar-refractivity contribution in [2.75, 3.05) is 18.4 Å². The fraction of sp³-hybridized carbons (Fsp3) is 0.250. The van der Waals surface area contributed by atoms with E-state index >= 15 is 0 Å². The number of amides is 1. The summed E-state index contributed by atoms with van der Waals surface area (Å²) in [6, 6.07) is 9.65. The number of rotatable bonds is 4. The Bertz CT molecular complexity index is 1220. The van der Waals surface area contributed by atoms with Crippen LogP contribution in [0.1, 0.15) is 30.8 Å². The van der Waals surface area contributed by atoms with E-state index in [1.165, 1.54) is 22.9 Å². The molecule has 3 heterocycles. The van der Waals surface area contributed by atoms with Gasteiger partial charge in [0.1, 0.15) is 26.9 Å². The smallest absolute Gasteiger partial charge is 0.292 e. The third kappa shape index (κ3) is 3.56. The van der Waals surface area contributed by atoms with E-state index in [9.17, 15) is 9.59 Å². The van der Waals surface area contributed by atoms with Gasteiger partial charge < -0.3 is 10.6 Å². The zero-order valence-electron chi connectivity index (χ0n) is 16.3. The lowest BCUT2D eigenvalue weighted by atomic mass is 10.1. The molecule has 148 valence electrons. The number of anilines is 1. The minimum Gasteiger partial charge on any atom is -0.368 e. The van der Waals surface area contributed by atoms with Crippen molar-refractivity contribution in [2.24, 2.45) is 10.1 Å². The summed E-state index contributed by atoms with van der Waals surface area (Å²) in [5.74, 6) is 0.893. The van der Waals surface area contributed by atoms with Crippen LogP contribution in [0.4, 0.5) is 5.00 Å². The summed E-state index contributed by atoms with van der Waals surface area (Å²) < 4.78 is 1.74. The highest BCUT2D eigenvalue weighted by atomic mass is 32.1. The zero-order valence-corrected chi connectivity index (χ0v) is 17.1. The van der Waals surface area contributed by atoms with E-state index in [0.29, 0.717) is 51.2 Å². The maximum Gasteiger partial charge on any atom is 0.292 e. The first-order chi connectivity index (χ1) is 14.0. The van der Waals surface area contributed by atoms with E-state index in [4.69, 9.17) is 0 Å². The lowest BCUT2D eigenvalue weighted by Gasteiger charge is -2.08. The van der Waals surface area contributed by atoms with Crippen LogP contribution in [0.3, 0.4) is 0 Å². The molecule has 0 radical (unpaired) electrons. The van der Waals surface area contributed by atoms with Gasteiger partial charge in [-0.1, -0.05) is 30.3 Å². The number of nitrogens with one attached hydrogen (secondary N) is 2. The second-order valence-corrected chi connectivity index (χ2v) is 7.67. The van der Waals surface area contributed by atoms with E-state index in [1.54, 1.807) is 6.92 Å². The van der Waals surface area contributed by atoms with Crippen molar-refractivity contribution in [2.45, 2.75) is 20.8 Å². The van der Waals surface area contributed by atoms with Crippen LogP contribution in [-0.2, 0) is 4.79 Å². The van der Waals surface area contributed by atoms with Crippen LogP contribution in [0.2, 0.25) is 0 Å². The Balaban J connectivity index is 1.92. The molecule has 4 rings (SSSR count). The molecule has 2 N–H and O–H groups in total. The fourth-order valence-corrected chi connectivity index (χ4v) is 4.28. The van der Waals surface area contributed by atoms with Crippen molar-refractivity contribution in [3.8, 4) is 0 Å². The Hall–Kier alpha value is -3.33. The number of hydrogen-bond donors (Lipinski definition) is 2. The Morgan fingerprint density at radius 2 is 2.03 bits per heavy atom. The van der Waals surface area contributed by atoms with Crippen LogP contribution in [0.25, 0.3) is 10.2 Å². The molecular formula is C20H20N6O2S. The fourth-order valence-electron chi connectivity index (χ4n) is 3.16. The summed E-state index contributed by atoms with van der Waals surface area (Å²) in [4.78, 5) is 34.0. The summed E-state index contributed by atoms with van der Waals surface area (Å²) >= 11 is 1.19. The highest BCUT2D eigenvalue weighted by Crippen LogP contribution is 2.33. The lowest BCUT2D eigenvalue weighted by Crippen LogP contribution is -2.23. The molecule has 0 unspecified atom stereocenters. The number of amidine groups is 1. The lowest BCUT2D eigenvalue weighted by molar-refractivity contribution is -0.114. The molecule has 2 aromatic heterocycles. The molecule has 0 aliphatic carbocycles. The number of fused-ring (bicyclic) bond motifs is 1. The van der Waals surface area contributed by atoms with Gasteiger partial charge >= 0.3 is 0 Å². The van der Waals surface area contributed by atoms with E-state index in [0.717, 1.165) is 5.56 Å². The van der Waals surface area contributed by atoms with Crippen LogP contribution in [0.5, 0.6) is 0 Å². The molecule has 29 heavy (non-hydrogen) atoms. The second-order valence-electron chi connectivity index (χ2n) is 6.65. The minimum absolute atomic E-state index is 0.216. The van der Waals surface area contributed by atoms with E-state index in [2.05, 4.69) is 25.7 Å². The van der Waals surface area contributed by atoms with Gasteiger partial charge in [0.25, 0.3) is 5.56 Å². The second kappa shape index (κ2) is 7.59. The average Bonchev–Trinajstić information content (AvgIpc) is 3.33. The molecule has 0 spiro atoms. The predicted octanol–water partition coefficient (Wildman–Crippen LogP) is 2.35. The van der Waals surface area contributed by atoms with Crippen LogP contribution in [0.15, 0.2) is 45.2 Å². The van der Waals surface area contributed by atoms with Crippen molar-refractivity contribution in [3.05, 3.63) is 57.6 Å². The van der Waals surface area contributed by atoms with Gasteiger partial charge in [-0.25, -0.2) is 4.98 Å². The first kappa shape index (κ1) is 19.0. The zero-order chi connectivity index (χ0) is 20.5. The molecule has 9 heteroatoms. The van der Waals surface area contributed by atoms with Crippen molar-refractivity contribution in [1.29, 1.82) is 0 Å². The van der Waals surface area contributed by atoms with Gasteiger partial charge in [-0.05, 0) is 19.4 Å². The molecule has 1 aromatic carbocycles. The van der Waals surface area contributed by atoms with Gasteiger partial charge in [0.15, 0.2) is 0 Å². The molecule has 0 saturated heterocycles. The number of aromatic nitrogens is 2. The number of thiophene rings is 1. The number of benzene rings is 1. The van der Waals surface area contributed by atoms with E-state index in [1.807, 2.05) is 37.3 Å². The Kier molecular flexibility index (Phi) is 4.98.